The fourth-order valence-electron chi connectivity index (χ4n) is 5.62. The highest BCUT2D eigenvalue weighted by molar-refractivity contribution is 5.94. The van der Waals surface area contributed by atoms with Gasteiger partial charge in [-0.1, -0.05) is 24.3 Å². The van der Waals surface area contributed by atoms with Gasteiger partial charge in [-0.3, -0.25) is 9.59 Å². The Hall–Kier alpha value is -3.78. The largest absolute Gasteiger partial charge is 0.493 e. The number of carbonyl (C=O) groups excluding carboxylic acids is 2. The van der Waals surface area contributed by atoms with Crippen LogP contribution >= 0.6 is 0 Å². The van der Waals surface area contributed by atoms with Gasteiger partial charge < -0.3 is 20.1 Å². The van der Waals surface area contributed by atoms with Gasteiger partial charge in [0.25, 0.3) is 0 Å². The highest BCUT2D eigenvalue weighted by Gasteiger charge is 2.48. The number of ether oxygens (including phenoxy) is 2. The standard InChI is InChI=1S/C31H34F2N2O4/c1-21(36)22-4-13-28(29(20-22)38-2)39-19-3-16-35-17-14-25(15-18-35)31(30(34)37,23-5-9-26(32)10-6-23)24-7-11-27(33)12-8-24/h4-13,20,25H,3,14-19H2,1-2H3,(H2,34,37). The molecule has 1 saturated heterocycles. The van der Waals surface area contributed by atoms with Gasteiger partial charge >= 0.3 is 0 Å². The summed E-state index contributed by atoms with van der Waals surface area (Å²) >= 11 is 0. The van der Waals surface area contributed by atoms with Crippen LogP contribution in [0.2, 0.25) is 0 Å². The molecule has 0 aromatic heterocycles. The average Bonchev–Trinajstić information content (AvgIpc) is 2.94. The number of piperidine rings is 1. The van der Waals surface area contributed by atoms with E-state index in [1.54, 1.807) is 49.6 Å². The molecule has 39 heavy (non-hydrogen) atoms. The molecule has 0 bridgehead atoms. The third kappa shape index (κ3) is 6.11. The van der Waals surface area contributed by atoms with Gasteiger partial charge in [0.1, 0.15) is 17.0 Å². The molecule has 0 saturated carbocycles. The number of carbonyl (C=O) groups is 2. The maximum atomic E-state index is 13.8. The SMILES string of the molecule is COc1cc(C(C)=O)ccc1OCCCN1CCC(C(C(N)=O)(c2ccc(F)cc2)c2ccc(F)cc2)CC1. The molecular weight excluding hydrogens is 502 g/mol. The molecule has 3 aromatic rings. The zero-order valence-corrected chi connectivity index (χ0v) is 22.3. The number of amides is 1. The Labute approximate surface area is 227 Å². The molecule has 0 aliphatic carbocycles. The third-order valence-electron chi connectivity index (χ3n) is 7.63. The highest BCUT2D eigenvalue weighted by atomic mass is 19.1. The Balaban J connectivity index is 1.42. The second-order valence-electron chi connectivity index (χ2n) is 9.93. The van der Waals surface area contributed by atoms with E-state index in [2.05, 4.69) is 4.90 Å². The van der Waals surface area contributed by atoms with Crippen molar-refractivity contribution >= 4 is 11.7 Å². The normalized spacial score (nSPS) is 14.7. The number of primary amides is 1. The first-order valence-corrected chi connectivity index (χ1v) is 13.1. The van der Waals surface area contributed by atoms with Gasteiger partial charge in [0, 0.05) is 12.1 Å². The summed E-state index contributed by atoms with van der Waals surface area (Å²) in [7, 11) is 1.54. The van der Waals surface area contributed by atoms with E-state index in [0.29, 0.717) is 47.6 Å². The second-order valence-corrected chi connectivity index (χ2v) is 9.93. The van der Waals surface area contributed by atoms with E-state index < -0.39 is 23.0 Å². The number of nitrogens with two attached hydrogens (primary N) is 1. The van der Waals surface area contributed by atoms with Crippen molar-refractivity contribution in [1.29, 1.82) is 0 Å². The molecule has 206 valence electrons. The number of benzene rings is 3. The highest BCUT2D eigenvalue weighted by Crippen LogP contribution is 2.44. The minimum atomic E-state index is -1.20. The number of methoxy groups -OCH3 is 1. The Morgan fingerprint density at radius 1 is 0.923 bits per heavy atom. The molecule has 0 atom stereocenters. The monoisotopic (exact) mass is 536 g/mol. The van der Waals surface area contributed by atoms with Crippen molar-refractivity contribution in [2.45, 2.75) is 31.6 Å². The van der Waals surface area contributed by atoms with E-state index >= 15 is 0 Å². The first-order valence-electron chi connectivity index (χ1n) is 13.1. The molecule has 0 radical (unpaired) electrons. The van der Waals surface area contributed by atoms with Gasteiger partial charge in [0.2, 0.25) is 5.91 Å². The number of hydrogen-bond acceptors (Lipinski definition) is 5. The van der Waals surface area contributed by atoms with Crippen LogP contribution in [0.5, 0.6) is 11.5 Å². The Kier molecular flexibility index (Phi) is 8.97. The molecule has 0 spiro atoms. The first-order chi connectivity index (χ1) is 18.7. The predicted octanol–water partition coefficient (Wildman–Crippen LogP) is 5.13. The maximum Gasteiger partial charge on any atom is 0.232 e. The van der Waals surface area contributed by atoms with E-state index in [4.69, 9.17) is 15.2 Å². The summed E-state index contributed by atoms with van der Waals surface area (Å²) < 4.78 is 38.8. The molecule has 2 N–H and O–H groups in total. The van der Waals surface area contributed by atoms with Gasteiger partial charge in [-0.05, 0) is 98.8 Å². The van der Waals surface area contributed by atoms with Gasteiger partial charge in [-0.25, -0.2) is 8.78 Å². The number of hydrogen-bond donors (Lipinski definition) is 1. The molecular formula is C31H34F2N2O4. The minimum Gasteiger partial charge on any atom is -0.493 e. The van der Waals surface area contributed by atoms with Crippen LogP contribution in [-0.4, -0.2) is 49.9 Å². The molecule has 0 unspecified atom stereocenters. The molecule has 1 heterocycles. The van der Waals surface area contributed by atoms with Crippen LogP contribution in [0.1, 0.15) is 47.7 Å². The van der Waals surface area contributed by atoms with Crippen molar-refractivity contribution in [3.8, 4) is 11.5 Å². The molecule has 1 fully saturated rings. The second kappa shape index (κ2) is 12.4. The fourth-order valence-corrected chi connectivity index (χ4v) is 5.62. The molecule has 1 aliphatic heterocycles. The molecule has 3 aromatic carbocycles. The van der Waals surface area contributed by atoms with E-state index in [1.165, 1.54) is 31.2 Å². The van der Waals surface area contributed by atoms with Crippen LogP contribution in [0.15, 0.2) is 66.7 Å². The summed E-state index contributed by atoms with van der Waals surface area (Å²) in [5.74, 6) is -0.400. The van der Waals surface area contributed by atoms with Crippen molar-refractivity contribution in [2.75, 3.05) is 33.4 Å². The van der Waals surface area contributed by atoms with E-state index in [1.807, 2.05) is 0 Å². The average molecular weight is 537 g/mol. The quantitative estimate of drug-likeness (QED) is 0.272. The van der Waals surface area contributed by atoms with Crippen molar-refractivity contribution in [3.63, 3.8) is 0 Å². The van der Waals surface area contributed by atoms with Gasteiger partial charge in [0.15, 0.2) is 17.3 Å². The molecule has 8 heteroatoms. The van der Waals surface area contributed by atoms with E-state index in [-0.39, 0.29) is 11.7 Å². The van der Waals surface area contributed by atoms with E-state index in [0.717, 1.165) is 26.1 Å². The third-order valence-corrected chi connectivity index (χ3v) is 7.63. The molecule has 1 aliphatic rings. The molecule has 4 rings (SSSR count). The molecule has 1 amide bonds. The summed E-state index contributed by atoms with van der Waals surface area (Å²) in [6, 6.07) is 16.9. The topological polar surface area (TPSA) is 81.9 Å². The Bertz CT molecular complexity index is 1240. The van der Waals surface area contributed by atoms with Gasteiger partial charge in [-0.15, -0.1) is 0 Å². The summed E-state index contributed by atoms with van der Waals surface area (Å²) in [5.41, 5.74) is 6.69. The fraction of sp³-hybridized carbons (Fsp3) is 0.355. The lowest BCUT2D eigenvalue weighted by molar-refractivity contribution is -0.124. The van der Waals surface area contributed by atoms with Crippen molar-refractivity contribution in [3.05, 3.63) is 95.1 Å². The van der Waals surface area contributed by atoms with Gasteiger partial charge in [-0.2, -0.15) is 0 Å². The van der Waals surface area contributed by atoms with Crippen LogP contribution in [0.25, 0.3) is 0 Å². The lowest BCUT2D eigenvalue weighted by Gasteiger charge is -2.43. The summed E-state index contributed by atoms with van der Waals surface area (Å²) in [6.07, 6.45) is 2.16. The zero-order chi connectivity index (χ0) is 28.0. The lowest BCUT2D eigenvalue weighted by Crippen LogP contribution is -2.52. The minimum absolute atomic E-state index is 0.0394. The first kappa shape index (κ1) is 28.2. The number of halogens is 2. The van der Waals surface area contributed by atoms with Crippen molar-refractivity contribution < 1.29 is 27.8 Å². The maximum absolute atomic E-state index is 13.8. The number of Topliss-reactive ketones (excluding diaryl/α,β-unsaturated/α-hetero) is 1. The van der Waals surface area contributed by atoms with Gasteiger partial charge in [0.05, 0.1) is 13.7 Å². The zero-order valence-electron chi connectivity index (χ0n) is 22.3. The number of likely N-dealkylation sites (tertiary alicyclic amines) is 1. The number of nitrogens with zero attached hydrogens (tertiary/aromatic N) is 1. The summed E-state index contributed by atoms with van der Waals surface area (Å²) in [4.78, 5) is 27.1. The van der Waals surface area contributed by atoms with Crippen LogP contribution < -0.4 is 15.2 Å². The van der Waals surface area contributed by atoms with Crippen molar-refractivity contribution in [1.82, 2.24) is 4.90 Å². The van der Waals surface area contributed by atoms with E-state index in [9.17, 15) is 18.4 Å². The summed E-state index contributed by atoms with van der Waals surface area (Å²) in [6.45, 7) is 4.28. The van der Waals surface area contributed by atoms with Crippen LogP contribution in [0.3, 0.4) is 0 Å². The smallest absolute Gasteiger partial charge is 0.232 e. The van der Waals surface area contributed by atoms with Crippen LogP contribution in [-0.2, 0) is 10.2 Å². The van der Waals surface area contributed by atoms with Crippen LogP contribution in [0, 0.1) is 17.6 Å². The predicted molar refractivity (Wildman–Crippen MR) is 145 cm³/mol. The van der Waals surface area contributed by atoms with Crippen molar-refractivity contribution in [2.24, 2.45) is 11.7 Å². The Morgan fingerprint density at radius 2 is 1.49 bits per heavy atom. The molecule has 6 nitrogen and oxygen atoms in total. The number of ketones is 1. The Morgan fingerprint density at radius 3 is 1.97 bits per heavy atom. The lowest BCUT2D eigenvalue weighted by atomic mass is 9.62. The number of rotatable bonds is 11. The summed E-state index contributed by atoms with van der Waals surface area (Å²) in [5, 5.41) is 0. The van der Waals surface area contributed by atoms with Crippen LogP contribution in [0.4, 0.5) is 8.78 Å².